The molecule has 0 radical (unpaired) electrons. The van der Waals surface area contributed by atoms with Crippen molar-refractivity contribution in [2.75, 3.05) is 13.6 Å². The van der Waals surface area contributed by atoms with Gasteiger partial charge >= 0.3 is 0 Å². The summed E-state index contributed by atoms with van der Waals surface area (Å²) < 4.78 is 22.7. The number of aliphatic imine (C=N–C) groups is 1. The van der Waals surface area contributed by atoms with Gasteiger partial charge in [0.2, 0.25) is 10.0 Å². The Morgan fingerprint density at radius 1 is 1.33 bits per heavy atom. The van der Waals surface area contributed by atoms with Crippen LogP contribution in [0.15, 0.2) is 38.2 Å². The molecule has 0 spiro atoms. The molecule has 2 aromatic heterocycles. The number of nitrogens with zero attached hydrogens (tertiary/aromatic N) is 1. The van der Waals surface area contributed by atoms with E-state index in [4.69, 9.17) is 5.14 Å². The normalized spacial score (nSPS) is 13.2. The first-order valence-corrected chi connectivity index (χ1v) is 10.3. The van der Waals surface area contributed by atoms with Crippen LogP contribution in [0.25, 0.3) is 0 Å². The van der Waals surface area contributed by atoms with Crippen molar-refractivity contribution in [3.63, 3.8) is 0 Å². The SMILES string of the molecule is CN=C(NCc1ccc(S(N)(=O)=O)s1)NCC(C)c1ccsc1.I. The van der Waals surface area contributed by atoms with E-state index in [1.165, 1.54) is 11.6 Å². The van der Waals surface area contributed by atoms with E-state index in [9.17, 15) is 8.42 Å². The summed E-state index contributed by atoms with van der Waals surface area (Å²) >= 11 is 2.85. The Hall–Kier alpha value is -0.690. The second-order valence-corrected chi connectivity index (χ2v) is 8.77. The second kappa shape index (κ2) is 9.70. The molecular weight excluding hydrogens is 479 g/mol. The number of nitrogens with one attached hydrogen (secondary N) is 2. The fraction of sp³-hybridized carbons (Fsp3) is 0.357. The lowest BCUT2D eigenvalue weighted by molar-refractivity contribution is 0.600. The maximum Gasteiger partial charge on any atom is 0.247 e. The molecule has 0 saturated carbocycles. The first-order chi connectivity index (χ1) is 10.9. The van der Waals surface area contributed by atoms with Gasteiger partial charge in [-0.3, -0.25) is 4.99 Å². The first kappa shape index (κ1) is 21.4. The predicted molar refractivity (Wildman–Crippen MR) is 112 cm³/mol. The van der Waals surface area contributed by atoms with Crippen molar-refractivity contribution in [3.8, 4) is 0 Å². The van der Waals surface area contributed by atoms with Crippen LogP contribution in [0, 0.1) is 0 Å². The average Bonchev–Trinajstić information content (AvgIpc) is 3.18. The van der Waals surface area contributed by atoms with E-state index in [0.717, 1.165) is 22.8 Å². The van der Waals surface area contributed by atoms with Crippen molar-refractivity contribution in [1.82, 2.24) is 10.6 Å². The van der Waals surface area contributed by atoms with Gasteiger partial charge in [-0.15, -0.1) is 35.3 Å². The fourth-order valence-corrected chi connectivity index (χ4v) is 4.42. The summed E-state index contributed by atoms with van der Waals surface area (Å²) in [5, 5.41) is 15.8. The van der Waals surface area contributed by atoms with Gasteiger partial charge in [-0.2, -0.15) is 11.3 Å². The molecule has 0 amide bonds. The van der Waals surface area contributed by atoms with Gasteiger partial charge in [0, 0.05) is 18.5 Å². The quantitative estimate of drug-likeness (QED) is 0.323. The van der Waals surface area contributed by atoms with Gasteiger partial charge in [0.05, 0.1) is 6.54 Å². The Kier molecular flexibility index (Phi) is 8.63. The van der Waals surface area contributed by atoms with E-state index in [2.05, 4.69) is 39.4 Å². The minimum absolute atomic E-state index is 0. The third-order valence-corrected chi connectivity index (χ3v) is 6.48. The monoisotopic (exact) mass is 500 g/mol. The van der Waals surface area contributed by atoms with E-state index in [1.807, 2.05) is 0 Å². The predicted octanol–water partition coefficient (Wildman–Crippen LogP) is 2.54. The Balaban J connectivity index is 0.00000288. The van der Waals surface area contributed by atoms with Gasteiger partial charge in [0.15, 0.2) is 5.96 Å². The molecule has 4 N–H and O–H groups in total. The molecule has 0 aliphatic heterocycles. The number of hydrogen-bond donors (Lipinski definition) is 3. The van der Waals surface area contributed by atoms with Gasteiger partial charge in [0.25, 0.3) is 0 Å². The maximum absolute atomic E-state index is 11.3. The van der Waals surface area contributed by atoms with Crippen LogP contribution in [0.3, 0.4) is 0 Å². The minimum Gasteiger partial charge on any atom is -0.356 e. The summed E-state index contributed by atoms with van der Waals surface area (Å²) in [6, 6.07) is 5.39. The molecule has 2 aromatic rings. The summed E-state index contributed by atoms with van der Waals surface area (Å²) in [6.45, 7) is 3.41. The Morgan fingerprint density at radius 2 is 2.08 bits per heavy atom. The van der Waals surface area contributed by atoms with Crippen LogP contribution in [0.5, 0.6) is 0 Å². The number of halogens is 1. The number of rotatable bonds is 6. The minimum atomic E-state index is -3.63. The molecule has 10 heteroatoms. The molecule has 0 aromatic carbocycles. The average molecular weight is 500 g/mol. The Bertz CT molecular complexity index is 757. The molecular formula is C14H21IN4O2S3. The summed E-state index contributed by atoms with van der Waals surface area (Å²) in [5.74, 6) is 1.06. The first-order valence-electron chi connectivity index (χ1n) is 6.98. The Labute approximate surface area is 167 Å². The number of primary sulfonamides is 1. The van der Waals surface area contributed by atoms with E-state index < -0.39 is 10.0 Å². The van der Waals surface area contributed by atoms with Crippen molar-refractivity contribution in [2.24, 2.45) is 10.1 Å². The highest BCUT2D eigenvalue weighted by molar-refractivity contribution is 14.0. The molecule has 24 heavy (non-hydrogen) atoms. The zero-order valence-electron chi connectivity index (χ0n) is 13.4. The highest BCUT2D eigenvalue weighted by atomic mass is 127. The van der Waals surface area contributed by atoms with Crippen LogP contribution in [0.4, 0.5) is 0 Å². The van der Waals surface area contributed by atoms with Crippen molar-refractivity contribution in [3.05, 3.63) is 39.4 Å². The van der Waals surface area contributed by atoms with E-state index >= 15 is 0 Å². The molecule has 134 valence electrons. The number of hydrogen-bond acceptors (Lipinski definition) is 5. The van der Waals surface area contributed by atoms with E-state index in [-0.39, 0.29) is 28.2 Å². The highest BCUT2D eigenvalue weighted by Gasteiger charge is 2.11. The molecule has 6 nitrogen and oxygen atoms in total. The molecule has 1 unspecified atom stereocenters. The highest BCUT2D eigenvalue weighted by Crippen LogP contribution is 2.20. The van der Waals surface area contributed by atoms with Crippen LogP contribution in [0.2, 0.25) is 0 Å². The van der Waals surface area contributed by atoms with Crippen molar-refractivity contribution in [2.45, 2.75) is 23.6 Å². The zero-order chi connectivity index (χ0) is 16.9. The summed E-state index contributed by atoms with van der Waals surface area (Å²) in [4.78, 5) is 5.05. The molecule has 0 saturated heterocycles. The number of thiophene rings is 2. The number of sulfonamides is 1. The van der Waals surface area contributed by atoms with Gasteiger partial charge < -0.3 is 10.6 Å². The van der Waals surface area contributed by atoms with Crippen molar-refractivity contribution >= 4 is 62.6 Å². The molecule has 0 aliphatic carbocycles. The van der Waals surface area contributed by atoms with Crippen molar-refractivity contribution in [1.29, 1.82) is 0 Å². The van der Waals surface area contributed by atoms with Gasteiger partial charge in [-0.1, -0.05) is 6.92 Å². The number of guanidine groups is 1. The lowest BCUT2D eigenvalue weighted by atomic mass is 10.1. The van der Waals surface area contributed by atoms with Crippen LogP contribution < -0.4 is 15.8 Å². The van der Waals surface area contributed by atoms with E-state index in [1.54, 1.807) is 24.5 Å². The van der Waals surface area contributed by atoms with Crippen molar-refractivity contribution < 1.29 is 8.42 Å². The lowest BCUT2D eigenvalue weighted by Gasteiger charge is -2.15. The van der Waals surface area contributed by atoms with Gasteiger partial charge in [-0.05, 0) is 40.4 Å². The zero-order valence-corrected chi connectivity index (χ0v) is 18.1. The topological polar surface area (TPSA) is 96.6 Å². The largest absolute Gasteiger partial charge is 0.356 e. The van der Waals surface area contributed by atoms with Crippen LogP contribution in [0.1, 0.15) is 23.3 Å². The summed E-state index contributed by atoms with van der Waals surface area (Å²) in [7, 11) is -1.92. The third-order valence-electron chi connectivity index (χ3n) is 3.26. The molecule has 2 rings (SSSR count). The second-order valence-electron chi connectivity index (χ2n) is 5.03. The Morgan fingerprint density at radius 3 is 2.62 bits per heavy atom. The molecule has 0 fully saturated rings. The molecule has 0 aliphatic rings. The summed E-state index contributed by atoms with van der Waals surface area (Å²) in [6.07, 6.45) is 0. The number of nitrogens with two attached hydrogens (primary N) is 1. The molecule has 2 heterocycles. The molecule has 1 atom stereocenters. The third kappa shape index (κ3) is 6.31. The lowest BCUT2D eigenvalue weighted by Crippen LogP contribution is -2.38. The van der Waals surface area contributed by atoms with Gasteiger partial charge in [0.1, 0.15) is 4.21 Å². The van der Waals surface area contributed by atoms with Crippen LogP contribution in [-0.2, 0) is 16.6 Å². The van der Waals surface area contributed by atoms with Crippen LogP contribution in [-0.4, -0.2) is 28.0 Å². The summed E-state index contributed by atoms with van der Waals surface area (Å²) in [5.41, 5.74) is 1.30. The smallest absolute Gasteiger partial charge is 0.247 e. The van der Waals surface area contributed by atoms with Gasteiger partial charge in [-0.25, -0.2) is 13.6 Å². The molecule has 0 bridgehead atoms. The standard InChI is InChI=1S/C14H20N4O2S3.HI/c1-10(11-5-6-21-9-11)7-17-14(16-2)18-8-12-3-4-13(22-12)23(15,19)20;/h3-6,9-10H,7-8H2,1-2H3,(H2,15,19,20)(H2,16,17,18);1H. The van der Waals surface area contributed by atoms with Crippen LogP contribution >= 0.6 is 46.7 Å². The van der Waals surface area contributed by atoms with E-state index in [0.29, 0.717) is 18.4 Å². The maximum atomic E-state index is 11.3. The fourth-order valence-electron chi connectivity index (χ4n) is 1.92.